The van der Waals surface area contributed by atoms with Crippen molar-refractivity contribution in [1.82, 2.24) is 4.90 Å². The summed E-state index contributed by atoms with van der Waals surface area (Å²) in [7, 11) is 0. The Hall–Kier alpha value is -1.78. The number of rotatable bonds is 1. The highest BCUT2D eigenvalue weighted by Gasteiger charge is 2.41. The van der Waals surface area contributed by atoms with Gasteiger partial charge >= 0.3 is 5.97 Å². The molecule has 1 unspecified atom stereocenters. The molecule has 1 aliphatic rings. The minimum absolute atomic E-state index is 0.164. The zero-order valence-corrected chi connectivity index (χ0v) is 10.6. The molecule has 1 amide bonds. The van der Waals surface area contributed by atoms with Crippen molar-refractivity contribution in [2.45, 2.75) is 39.3 Å². The van der Waals surface area contributed by atoms with Crippen molar-refractivity contribution in [1.29, 1.82) is 0 Å². The van der Waals surface area contributed by atoms with Crippen molar-refractivity contribution in [3.05, 3.63) is 23.4 Å². The average Bonchev–Trinajstić information content (AvgIpc) is 2.12. The van der Waals surface area contributed by atoms with E-state index in [9.17, 15) is 9.59 Å². The van der Waals surface area contributed by atoms with Crippen LogP contribution in [0.4, 0.5) is 0 Å². The third kappa shape index (κ3) is 2.05. The Morgan fingerprint density at radius 2 is 1.94 bits per heavy atom. The second-order valence-corrected chi connectivity index (χ2v) is 5.14. The molecule has 3 N–H and O–H groups in total. The van der Waals surface area contributed by atoms with E-state index in [4.69, 9.17) is 10.8 Å². The van der Waals surface area contributed by atoms with E-state index in [0.29, 0.717) is 5.57 Å². The average molecular weight is 238 g/mol. The molecule has 0 aliphatic carbocycles. The number of nitrogens with zero attached hydrogens (tertiary/aromatic N) is 1. The van der Waals surface area contributed by atoms with Crippen molar-refractivity contribution >= 4 is 11.9 Å². The van der Waals surface area contributed by atoms with Gasteiger partial charge in [-0.05, 0) is 33.3 Å². The maximum Gasteiger partial charge on any atom is 0.338 e. The van der Waals surface area contributed by atoms with Crippen LogP contribution >= 0.6 is 0 Å². The standard InChI is InChI=1S/C12H18N2O3/c1-6-7(2)14(12(3,4)5)10(15)9(13)8(6)11(16)17/h7H,1,13H2,2-5H3,(H,16,17). The molecule has 0 radical (unpaired) electrons. The van der Waals surface area contributed by atoms with E-state index in [1.54, 1.807) is 11.8 Å². The lowest BCUT2D eigenvalue weighted by Gasteiger charge is -2.44. The minimum Gasteiger partial charge on any atom is -0.478 e. The number of carbonyl (C=O) groups excluding carboxylic acids is 1. The number of nitrogens with two attached hydrogens (primary N) is 1. The Morgan fingerprint density at radius 1 is 1.47 bits per heavy atom. The van der Waals surface area contributed by atoms with Gasteiger partial charge in [-0.3, -0.25) is 4.79 Å². The third-order valence-corrected chi connectivity index (χ3v) is 2.87. The maximum absolute atomic E-state index is 12.1. The van der Waals surface area contributed by atoms with E-state index in [1.807, 2.05) is 20.8 Å². The molecule has 17 heavy (non-hydrogen) atoms. The largest absolute Gasteiger partial charge is 0.478 e. The second-order valence-electron chi connectivity index (χ2n) is 5.14. The van der Waals surface area contributed by atoms with Gasteiger partial charge in [0.25, 0.3) is 5.91 Å². The molecule has 1 aliphatic heterocycles. The first-order chi connectivity index (χ1) is 7.59. The molecule has 5 nitrogen and oxygen atoms in total. The van der Waals surface area contributed by atoms with Crippen LogP contribution in [-0.2, 0) is 9.59 Å². The second kappa shape index (κ2) is 3.91. The van der Waals surface area contributed by atoms with Crippen LogP contribution in [0.1, 0.15) is 27.7 Å². The Bertz CT molecular complexity index is 430. The lowest BCUT2D eigenvalue weighted by molar-refractivity contribution is -0.138. The minimum atomic E-state index is -1.21. The topological polar surface area (TPSA) is 83.6 Å². The summed E-state index contributed by atoms with van der Waals surface area (Å²) in [5, 5.41) is 9.03. The van der Waals surface area contributed by atoms with E-state index in [2.05, 4.69) is 6.58 Å². The van der Waals surface area contributed by atoms with Crippen molar-refractivity contribution in [3.8, 4) is 0 Å². The number of carboxylic acid groups (broad SMARTS) is 1. The molecule has 94 valence electrons. The van der Waals surface area contributed by atoms with Crippen LogP contribution in [0, 0.1) is 0 Å². The van der Waals surface area contributed by atoms with E-state index in [1.165, 1.54) is 0 Å². The number of carbonyl (C=O) groups is 2. The summed E-state index contributed by atoms with van der Waals surface area (Å²) in [4.78, 5) is 24.7. The Kier molecular flexibility index (Phi) is 3.05. The molecule has 0 spiro atoms. The zero-order valence-electron chi connectivity index (χ0n) is 10.6. The first-order valence-corrected chi connectivity index (χ1v) is 5.35. The summed E-state index contributed by atoms with van der Waals surface area (Å²) in [6, 6.07) is -0.374. The fraction of sp³-hybridized carbons (Fsp3) is 0.500. The fourth-order valence-electron chi connectivity index (χ4n) is 2.09. The van der Waals surface area contributed by atoms with E-state index in [0.717, 1.165) is 0 Å². The summed E-state index contributed by atoms with van der Waals surface area (Å²) in [5.41, 5.74) is 5.13. The number of hydrogen-bond acceptors (Lipinski definition) is 3. The molecule has 0 fully saturated rings. The Labute approximate surface area is 101 Å². The summed E-state index contributed by atoms with van der Waals surface area (Å²) in [6.45, 7) is 11.1. The van der Waals surface area contributed by atoms with Gasteiger partial charge in [-0.1, -0.05) is 6.58 Å². The van der Waals surface area contributed by atoms with Crippen LogP contribution in [-0.4, -0.2) is 33.5 Å². The van der Waals surface area contributed by atoms with E-state index >= 15 is 0 Å². The van der Waals surface area contributed by atoms with Gasteiger partial charge in [-0.15, -0.1) is 0 Å². The quantitative estimate of drug-likeness (QED) is 0.710. The van der Waals surface area contributed by atoms with Gasteiger partial charge in [-0.25, -0.2) is 4.79 Å². The van der Waals surface area contributed by atoms with Crippen LogP contribution in [0.15, 0.2) is 23.4 Å². The van der Waals surface area contributed by atoms with Crippen LogP contribution in [0.2, 0.25) is 0 Å². The van der Waals surface area contributed by atoms with Crippen LogP contribution in [0.5, 0.6) is 0 Å². The molecule has 5 heteroatoms. The number of carboxylic acids is 1. The van der Waals surface area contributed by atoms with Crippen LogP contribution in [0.25, 0.3) is 0 Å². The highest BCUT2D eigenvalue weighted by Crippen LogP contribution is 2.31. The number of hydrogen-bond donors (Lipinski definition) is 2. The molecule has 0 aromatic heterocycles. The highest BCUT2D eigenvalue weighted by atomic mass is 16.4. The van der Waals surface area contributed by atoms with Gasteiger partial charge in [0.05, 0.1) is 11.6 Å². The molecule has 0 bridgehead atoms. The zero-order chi connectivity index (χ0) is 13.5. The predicted molar refractivity (Wildman–Crippen MR) is 64.1 cm³/mol. The molecule has 0 aromatic carbocycles. The molecular formula is C12H18N2O3. The molecule has 0 saturated heterocycles. The summed E-state index contributed by atoms with van der Waals surface area (Å²) < 4.78 is 0. The molecule has 1 rings (SSSR count). The molecular weight excluding hydrogens is 220 g/mol. The van der Waals surface area contributed by atoms with Crippen LogP contribution < -0.4 is 5.73 Å². The maximum atomic E-state index is 12.1. The van der Waals surface area contributed by atoms with Gasteiger partial charge in [0.1, 0.15) is 5.70 Å². The number of amides is 1. The molecule has 0 aromatic rings. The Morgan fingerprint density at radius 3 is 2.29 bits per heavy atom. The highest BCUT2D eigenvalue weighted by molar-refractivity contribution is 6.06. The van der Waals surface area contributed by atoms with Crippen molar-refractivity contribution in [2.75, 3.05) is 0 Å². The van der Waals surface area contributed by atoms with Gasteiger partial charge in [0.15, 0.2) is 0 Å². The van der Waals surface area contributed by atoms with Gasteiger partial charge in [-0.2, -0.15) is 0 Å². The van der Waals surface area contributed by atoms with Gasteiger partial charge < -0.3 is 15.7 Å². The number of aliphatic carboxylic acids is 1. The summed E-state index contributed by atoms with van der Waals surface area (Å²) in [6.07, 6.45) is 0. The first-order valence-electron chi connectivity index (χ1n) is 5.35. The molecule has 0 saturated carbocycles. The predicted octanol–water partition coefficient (Wildman–Crippen LogP) is 0.869. The summed E-state index contributed by atoms with van der Waals surface area (Å²) >= 11 is 0. The lowest BCUT2D eigenvalue weighted by atomic mass is 9.89. The monoisotopic (exact) mass is 238 g/mol. The fourth-order valence-corrected chi connectivity index (χ4v) is 2.09. The first kappa shape index (κ1) is 13.3. The van der Waals surface area contributed by atoms with Crippen molar-refractivity contribution in [2.24, 2.45) is 5.73 Å². The van der Waals surface area contributed by atoms with Crippen molar-refractivity contribution < 1.29 is 14.7 Å². The molecule has 1 atom stereocenters. The molecule has 1 heterocycles. The lowest BCUT2D eigenvalue weighted by Crippen LogP contribution is -2.55. The van der Waals surface area contributed by atoms with Gasteiger partial charge in [0, 0.05) is 5.54 Å². The van der Waals surface area contributed by atoms with E-state index < -0.39 is 17.4 Å². The van der Waals surface area contributed by atoms with E-state index in [-0.39, 0.29) is 17.3 Å². The SMILES string of the molecule is C=C1C(C(=O)O)=C(N)C(=O)N(C(C)(C)C)C1C. The smallest absolute Gasteiger partial charge is 0.338 e. The van der Waals surface area contributed by atoms with Crippen molar-refractivity contribution in [3.63, 3.8) is 0 Å². The van der Waals surface area contributed by atoms with Crippen LogP contribution in [0.3, 0.4) is 0 Å². The normalized spacial score (nSPS) is 22.1. The Balaban J connectivity index is 3.38. The summed E-state index contributed by atoms with van der Waals surface area (Å²) in [5.74, 6) is -1.66. The third-order valence-electron chi connectivity index (χ3n) is 2.87. The van der Waals surface area contributed by atoms with Gasteiger partial charge in [0.2, 0.25) is 0 Å².